The Morgan fingerprint density at radius 3 is 1.30 bits per heavy atom. The fraction of sp³-hybridized carbons (Fsp3) is 0.200. The van der Waals surface area contributed by atoms with Gasteiger partial charge in [0.1, 0.15) is 0 Å². The zero-order valence-corrected chi connectivity index (χ0v) is 6.72. The van der Waals surface area contributed by atoms with Crippen LogP contribution in [0.2, 0.25) is 0 Å². The monoisotopic (exact) mass is 136 g/mol. The average molecular weight is 136 g/mol. The zero-order chi connectivity index (χ0) is 7.98. The molecule has 0 N–H and O–H groups in total. The van der Waals surface area contributed by atoms with Gasteiger partial charge in [-0.05, 0) is 13.8 Å². The van der Waals surface area contributed by atoms with Crippen molar-refractivity contribution in [3.8, 4) is 0 Å². The van der Waals surface area contributed by atoms with E-state index in [0.29, 0.717) is 0 Å². The highest BCUT2D eigenvalue weighted by Crippen LogP contribution is 1.99. The molecule has 0 aliphatic heterocycles. The highest BCUT2D eigenvalue weighted by molar-refractivity contribution is 5.19. The van der Waals surface area contributed by atoms with E-state index in [4.69, 9.17) is 0 Å². The van der Waals surface area contributed by atoms with Crippen molar-refractivity contribution in [3.05, 3.63) is 48.6 Å². The SMILES string of the molecule is C=C.Cc1ccc(C)cc1.[HH]. The molecule has 0 aromatic heterocycles. The van der Waals surface area contributed by atoms with Crippen LogP contribution in [-0.4, -0.2) is 0 Å². The van der Waals surface area contributed by atoms with Crippen LogP contribution in [0.1, 0.15) is 12.6 Å². The molecule has 0 heterocycles. The maximum absolute atomic E-state index is 3.00. The molecule has 0 radical (unpaired) electrons. The van der Waals surface area contributed by atoms with Crippen molar-refractivity contribution in [3.63, 3.8) is 0 Å². The fourth-order valence-corrected chi connectivity index (χ4v) is 0.637. The van der Waals surface area contributed by atoms with Gasteiger partial charge in [0.05, 0.1) is 0 Å². The van der Waals surface area contributed by atoms with Crippen molar-refractivity contribution in [1.29, 1.82) is 0 Å². The predicted molar refractivity (Wildman–Crippen MR) is 49.3 cm³/mol. The summed E-state index contributed by atoms with van der Waals surface area (Å²) in [4.78, 5) is 0. The number of hydrogen-bond acceptors (Lipinski definition) is 0. The molecule has 0 spiro atoms. The van der Waals surface area contributed by atoms with Crippen LogP contribution in [0.15, 0.2) is 37.4 Å². The van der Waals surface area contributed by atoms with Gasteiger partial charge in [-0.1, -0.05) is 35.4 Å². The molecule has 0 nitrogen and oxygen atoms in total. The zero-order valence-electron chi connectivity index (χ0n) is 6.72. The highest BCUT2D eigenvalue weighted by atomic mass is 13.9. The third kappa shape index (κ3) is 3.08. The van der Waals surface area contributed by atoms with Gasteiger partial charge in [0.25, 0.3) is 0 Å². The van der Waals surface area contributed by atoms with Crippen molar-refractivity contribution >= 4 is 0 Å². The third-order valence-corrected chi connectivity index (χ3v) is 1.22. The molecule has 10 heavy (non-hydrogen) atoms. The van der Waals surface area contributed by atoms with Crippen molar-refractivity contribution in [2.24, 2.45) is 0 Å². The normalized spacial score (nSPS) is 7.80. The van der Waals surface area contributed by atoms with Gasteiger partial charge < -0.3 is 0 Å². The number of benzene rings is 1. The van der Waals surface area contributed by atoms with Crippen LogP contribution >= 0.6 is 0 Å². The van der Waals surface area contributed by atoms with E-state index in [2.05, 4.69) is 51.3 Å². The second kappa shape index (κ2) is 4.80. The standard InChI is InChI=1S/C8H10.C2H4.H2/c1-7-3-5-8(2)6-4-7;1-2;/h3-6H,1-2H3;1-2H2;1H. The van der Waals surface area contributed by atoms with E-state index in [9.17, 15) is 0 Å². The van der Waals surface area contributed by atoms with Gasteiger partial charge in [0, 0.05) is 1.43 Å². The summed E-state index contributed by atoms with van der Waals surface area (Å²) in [6.45, 7) is 10.2. The molecule has 0 bridgehead atoms. The van der Waals surface area contributed by atoms with E-state index in [0.717, 1.165) is 0 Å². The number of hydrogen-bond donors (Lipinski definition) is 0. The molecule has 0 atom stereocenters. The minimum atomic E-state index is 0. The van der Waals surface area contributed by atoms with Gasteiger partial charge in [-0.3, -0.25) is 0 Å². The summed E-state index contributed by atoms with van der Waals surface area (Å²) in [5.74, 6) is 0. The molecule has 0 amide bonds. The minimum absolute atomic E-state index is 0. The van der Waals surface area contributed by atoms with Crippen LogP contribution < -0.4 is 0 Å². The summed E-state index contributed by atoms with van der Waals surface area (Å²) in [7, 11) is 0. The summed E-state index contributed by atoms with van der Waals surface area (Å²) < 4.78 is 0. The van der Waals surface area contributed by atoms with Gasteiger partial charge in [-0.15, -0.1) is 13.2 Å². The number of rotatable bonds is 0. The Labute approximate surface area is 64.7 Å². The first-order chi connectivity index (χ1) is 4.79. The Morgan fingerprint density at radius 2 is 1.10 bits per heavy atom. The van der Waals surface area contributed by atoms with E-state index < -0.39 is 0 Å². The van der Waals surface area contributed by atoms with Gasteiger partial charge in [0.2, 0.25) is 0 Å². The maximum Gasteiger partial charge on any atom is 0 e. The Hall–Kier alpha value is -1.04. The van der Waals surface area contributed by atoms with Crippen molar-refractivity contribution in [2.75, 3.05) is 0 Å². The molecule has 0 saturated heterocycles. The summed E-state index contributed by atoms with van der Waals surface area (Å²) in [5, 5.41) is 0. The van der Waals surface area contributed by atoms with Gasteiger partial charge in [-0.25, -0.2) is 0 Å². The molecule has 0 unspecified atom stereocenters. The molecule has 1 aromatic rings. The van der Waals surface area contributed by atoms with Gasteiger partial charge >= 0.3 is 0 Å². The molecule has 0 aliphatic carbocycles. The second-order valence-corrected chi connectivity index (χ2v) is 2.15. The van der Waals surface area contributed by atoms with E-state index in [1.54, 1.807) is 0 Å². The maximum atomic E-state index is 3.00. The quantitative estimate of drug-likeness (QED) is 0.480. The molecular weight excluding hydrogens is 120 g/mol. The van der Waals surface area contributed by atoms with Crippen molar-refractivity contribution in [2.45, 2.75) is 13.8 Å². The molecule has 0 aliphatic rings. The van der Waals surface area contributed by atoms with E-state index in [1.807, 2.05) is 0 Å². The summed E-state index contributed by atoms with van der Waals surface area (Å²) in [5.41, 5.74) is 2.66. The average Bonchev–Trinajstić information content (AvgIpc) is 2.00. The van der Waals surface area contributed by atoms with Gasteiger partial charge in [-0.2, -0.15) is 0 Å². The lowest BCUT2D eigenvalue weighted by molar-refractivity contribution is 1.40. The minimum Gasteiger partial charge on any atom is -0.106 e. The molecule has 0 fully saturated rings. The van der Waals surface area contributed by atoms with Crippen LogP contribution in [0.3, 0.4) is 0 Å². The smallest absolute Gasteiger partial charge is 0 e. The van der Waals surface area contributed by atoms with Crippen LogP contribution in [0, 0.1) is 13.8 Å². The van der Waals surface area contributed by atoms with Crippen LogP contribution in [0.25, 0.3) is 0 Å². The van der Waals surface area contributed by atoms with Crippen LogP contribution in [-0.2, 0) is 0 Å². The fourth-order valence-electron chi connectivity index (χ4n) is 0.637. The Bertz CT molecular complexity index is 156. The summed E-state index contributed by atoms with van der Waals surface area (Å²) in [6, 6.07) is 8.48. The Morgan fingerprint density at radius 1 is 0.900 bits per heavy atom. The second-order valence-electron chi connectivity index (χ2n) is 2.15. The molecule has 1 rings (SSSR count). The first-order valence-electron chi connectivity index (χ1n) is 3.32. The molecule has 0 heteroatoms. The lowest BCUT2D eigenvalue weighted by atomic mass is 10.2. The summed E-state index contributed by atoms with van der Waals surface area (Å²) >= 11 is 0. The van der Waals surface area contributed by atoms with Gasteiger partial charge in [0.15, 0.2) is 0 Å². The van der Waals surface area contributed by atoms with Crippen LogP contribution in [0.5, 0.6) is 0 Å². The first-order valence-corrected chi connectivity index (χ1v) is 3.32. The molecule has 56 valence electrons. The van der Waals surface area contributed by atoms with E-state index in [1.165, 1.54) is 11.1 Å². The van der Waals surface area contributed by atoms with E-state index >= 15 is 0 Å². The van der Waals surface area contributed by atoms with Crippen molar-refractivity contribution < 1.29 is 1.43 Å². The topological polar surface area (TPSA) is 0 Å². The Kier molecular flexibility index (Phi) is 4.30. The molecule has 1 aromatic carbocycles. The third-order valence-electron chi connectivity index (χ3n) is 1.22. The summed E-state index contributed by atoms with van der Waals surface area (Å²) in [6.07, 6.45) is 0. The first kappa shape index (κ1) is 8.96. The van der Waals surface area contributed by atoms with Crippen molar-refractivity contribution in [1.82, 2.24) is 0 Å². The largest absolute Gasteiger partial charge is 0.106 e. The molecular formula is C10H16. The van der Waals surface area contributed by atoms with E-state index in [-0.39, 0.29) is 1.43 Å². The lowest BCUT2D eigenvalue weighted by Gasteiger charge is -1.90. The van der Waals surface area contributed by atoms with Crippen LogP contribution in [0.4, 0.5) is 0 Å². The number of aryl methyl sites for hydroxylation is 2. The predicted octanol–water partition coefficient (Wildman–Crippen LogP) is 3.35. The lowest BCUT2D eigenvalue weighted by Crippen LogP contribution is -1.70. The molecule has 0 saturated carbocycles. The highest BCUT2D eigenvalue weighted by Gasteiger charge is 1.79. The Balaban J connectivity index is 0.